The summed E-state index contributed by atoms with van der Waals surface area (Å²) in [5.41, 5.74) is 3.77. The van der Waals surface area contributed by atoms with E-state index in [1.54, 1.807) is 0 Å². The van der Waals surface area contributed by atoms with E-state index in [2.05, 4.69) is 54.6 Å². The second-order valence-corrected chi connectivity index (χ2v) is 12.0. The monoisotopic (exact) mass is 633 g/mol. The number of fused-ring (bicyclic) bond motifs is 6. The molecule has 1 nitrogen and oxygen atoms in total. The van der Waals surface area contributed by atoms with E-state index in [4.69, 9.17) is 18.1 Å². The summed E-state index contributed by atoms with van der Waals surface area (Å²) in [5.74, 6) is 0. The fraction of sp³-hybridized carbons (Fsp3) is 0. The molecule has 228 valence electrons. The molecule has 0 aliphatic carbocycles. The van der Waals surface area contributed by atoms with Crippen LogP contribution in [0.1, 0.15) is 15.1 Å². The molecule has 0 unspecified atom stereocenters. The van der Waals surface area contributed by atoms with Gasteiger partial charge >= 0.3 is 0 Å². The molecule has 0 spiro atoms. The van der Waals surface area contributed by atoms with Crippen molar-refractivity contribution < 1.29 is 19.5 Å². The Bertz CT molecular complexity index is 3410. The molecule has 9 aromatic carbocycles. The number of furan rings is 1. The van der Waals surface area contributed by atoms with Crippen molar-refractivity contribution in [1.29, 1.82) is 0 Å². The number of para-hydroxylation sites is 2. The summed E-state index contributed by atoms with van der Waals surface area (Å²) in [4.78, 5) is 0. The van der Waals surface area contributed by atoms with Crippen LogP contribution in [0.5, 0.6) is 0 Å². The van der Waals surface area contributed by atoms with Crippen molar-refractivity contribution in [3.05, 3.63) is 182 Å². The van der Waals surface area contributed by atoms with Crippen molar-refractivity contribution in [2.24, 2.45) is 0 Å². The average Bonchev–Trinajstić information content (AvgIpc) is 3.67. The normalized spacial score (nSPS) is 14.8. The standard InChI is InChI=1S/C48H30O/c1-2-13-32(14-3-1)37-23-11-24-42-43-25-12-26-44(48(43)49-47(37)42)46-40-20-8-6-18-38(40)45(39-19-7-9-21-41(39)46)34-29-27-33(28-30-34)36-22-10-16-31-15-4-5-17-35(31)36/h1-30H/i1D,2D,3D,11D,12D,13D,14D,23D,24D,25D,26D. The zero-order valence-electron chi connectivity index (χ0n) is 36.9. The van der Waals surface area contributed by atoms with Crippen LogP contribution in [0.2, 0.25) is 0 Å². The van der Waals surface area contributed by atoms with E-state index in [1.807, 2.05) is 60.7 Å². The average molecular weight is 634 g/mol. The van der Waals surface area contributed by atoms with Gasteiger partial charge in [0.1, 0.15) is 11.2 Å². The minimum Gasteiger partial charge on any atom is -0.455 e. The van der Waals surface area contributed by atoms with Gasteiger partial charge in [0, 0.05) is 27.5 Å². The van der Waals surface area contributed by atoms with Gasteiger partial charge in [-0.15, -0.1) is 0 Å². The Morgan fingerprint density at radius 1 is 0.327 bits per heavy atom. The van der Waals surface area contributed by atoms with E-state index in [0.29, 0.717) is 5.56 Å². The first-order valence-corrected chi connectivity index (χ1v) is 16.0. The largest absolute Gasteiger partial charge is 0.455 e. The van der Waals surface area contributed by atoms with Gasteiger partial charge in [0.25, 0.3) is 0 Å². The minimum absolute atomic E-state index is 0.0469. The summed E-state index contributed by atoms with van der Waals surface area (Å²) in [6.45, 7) is 0. The molecule has 49 heavy (non-hydrogen) atoms. The molecule has 0 amide bonds. The molecule has 0 radical (unpaired) electrons. The Labute approximate surface area is 299 Å². The lowest BCUT2D eigenvalue weighted by Gasteiger charge is -2.18. The highest BCUT2D eigenvalue weighted by Gasteiger charge is 2.21. The zero-order chi connectivity index (χ0) is 41.9. The van der Waals surface area contributed by atoms with Crippen LogP contribution in [-0.4, -0.2) is 0 Å². The Balaban J connectivity index is 1.30. The van der Waals surface area contributed by atoms with E-state index < -0.39 is 60.4 Å². The second kappa shape index (κ2) is 11.1. The number of hydrogen-bond acceptors (Lipinski definition) is 1. The van der Waals surface area contributed by atoms with Crippen LogP contribution in [0.3, 0.4) is 0 Å². The Morgan fingerprint density at radius 2 is 0.857 bits per heavy atom. The molecule has 1 heteroatoms. The van der Waals surface area contributed by atoms with Crippen LogP contribution in [0, 0.1) is 0 Å². The van der Waals surface area contributed by atoms with Crippen molar-refractivity contribution in [2.75, 3.05) is 0 Å². The summed E-state index contributed by atoms with van der Waals surface area (Å²) in [6.07, 6.45) is 0. The van der Waals surface area contributed by atoms with Crippen LogP contribution in [-0.2, 0) is 0 Å². The summed E-state index contributed by atoms with van der Waals surface area (Å²) in [6, 6.07) is 32.3. The molecule has 0 aliphatic rings. The van der Waals surface area contributed by atoms with Gasteiger partial charge in [0.05, 0.1) is 15.1 Å². The molecular weight excluding hydrogens is 593 g/mol. The molecule has 1 aromatic heterocycles. The first-order chi connectivity index (χ1) is 28.9. The third-order valence-electron chi connectivity index (χ3n) is 9.32. The van der Waals surface area contributed by atoms with Gasteiger partial charge in [-0.05, 0) is 60.1 Å². The Hall–Kier alpha value is -6.44. The molecule has 0 atom stereocenters. The fourth-order valence-corrected chi connectivity index (χ4v) is 7.18. The van der Waals surface area contributed by atoms with Gasteiger partial charge in [-0.3, -0.25) is 0 Å². The maximum Gasteiger partial charge on any atom is 0.143 e. The van der Waals surface area contributed by atoms with E-state index >= 15 is 0 Å². The van der Waals surface area contributed by atoms with Crippen LogP contribution < -0.4 is 0 Å². The third-order valence-corrected chi connectivity index (χ3v) is 9.32. The zero-order valence-corrected chi connectivity index (χ0v) is 25.9. The molecule has 0 saturated heterocycles. The van der Waals surface area contributed by atoms with E-state index in [9.17, 15) is 1.37 Å². The molecule has 0 aliphatic heterocycles. The molecular formula is C48H30O. The lowest BCUT2D eigenvalue weighted by molar-refractivity contribution is 0.671. The second-order valence-electron chi connectivity index (χ2n) is 12.0. The summed E-state index contributed by atoms with van der Waals surface area (Å²) >= 11 is 0. The lowest BCUT2D eigenvalue weighted by atomic mass is 9.85. The van der Waals surface area contributed by atoms with Crippen LogP contribution in [0.25, 0.3) is 98.8 Å². The topological polar surface area (TPSA) is 13.1 Å². The van der Waals surface area contributed by atoms with Gasteiger partial charge in [0.2, 0.25) is 0 Å². The lowest BCUT2D eigenvalue weighted by Crippen LogP contribution is -1.91. The number of benzene rings is 9. The van der Waals surface area contributed by atoms with Crippen molar-refractivity contribution in [2.45, 2.75) is 0 Å². The van der Waals surface area contributed by atoms with Gasteiger partial charge in [-0.25, -0.2) is 0 Å². The van der Waals surface area contributed by atoms with E-state index in [1.165, 1.54) is 0 Å². The number of rotatable bonds is 4. The SMILES string of the molecule is [2H]c1c([2H])c([2H])c(-c2c([2H])c([2H])c([2H])c3c2oc2c(-c4c5ccccc5c(-c5ccc(-c6cccc7ccccc67)cc5)c5ccccc45)c([2H])c([2H])c([2H])c23)c([2H])c1[2H]. The van der Waals surface area contributed by atoms with Crippen molar-refractivity contribution in [3.8, 4) is 44.5 Å². The van der Waals surface area contributed by atoms with Crippen LogP contribution >= 0.6 is 0 Å². The highest BCUT2D eigenvalue weighted by atomic mass is 16.3. The van der Waals surface area contributed by atoms with E-state index in [0.717, 1.165) is 54.6 Å². The molecule has 0 bridgehead atoms. The van der Waals surface area contributed by atoms with Gasteiger partial charge in [-0.2, -0.15) is 0 Å². The summed E-state index contributed by atoms with van der Waals surface area (Å²) < 4.78 is 103. The van der Waals surface area contributed by atoms with Crippen LogP contribution in [0.15, 0.2) is 186 Å². The highest BCUT2D eigenvalue weighted by Crippen LogP contribution is 2.47. The molecule has 0 saturated carbocycles. The maximum absolute atomic E-state index is 9.45. The van der Waals surface area contributed by atoms with Gasteiger partial charge in [0.15, 0.2) is 0 Å². The predicted molar refractivity (Wildman–Crippen MR) is 208 cm³/mol. The molecule has 10 rings (SSSR count). The first kappa shape index (κ1) is 18.8. The maximum atomic E-state index is 9.45. The minimum atomic E-state index is -0.652. The predicted octanol–water partition coefficient (Wildman–Crippen LogP) is 13.7. The number of hydrogen-bond donors (Lipinski definition) is 0. The Morgan fingerprint density at radius 3 is 1.53 bits per heavy atom. The summed E-state index contributed by atoms with van der Waals surface area (Å²) in [7, 11) is 0. The van der Waals surface area contributed by atoms with Crippen molar-refractivity contribution in [3.63, 3.8) is 0 Å². The molecule has 1 heterocycles. The molecule has 10 aromatic rings. The molecule has 0 fully saturated rings. The molecule has 0 N–H and O–H groups in total. The summed E-state index contributed by atoms with van der Waals surface area (Å²) in [5, 5.41) is 5.26. The van der Waals surface area contributed by atoms with Crippen molar-refractivity contribution >= 4 is 54.3 Å². The van der Waals surface area contributed by atoms with Gasteiger partial charge < -0.3 is 4.42 Å². The smallest absolute Gasteiger partial charge is 0.143 e. The van der Waals surface area contributed by atoms with Crippen molar-refractivity contribution in [1.82, 2.24) is 0 Å². The Kier molecular flexibility index (Phi) is 4.25. The van der Waals surface area contributed by atoms with E-state index in [-0.39, 0.29) is 44.7 Å². The first-order valence-electron chi connectivity index (χ1n) is 21.5. The van der Waals surface area contributed by atoms with Crippen LogP contribution in [0.4, 0.5) is 0 Å². The third kappa shape index (κ3) is 4.33. The quantitative estimate of drug-likeness (QED) is 0.176. The highest BCUT2D eigenvalue weighted by molar-refractivity contribution is 6.24. The fourth-order valence-electron chi connectivity index (χ4n) is 7.18. The van der Waals surface area contributed by atoms with Gasteiger partial charge in [-0.1, -0.05) is 182 Å².